The molecule has 1 atom stereocenters. The Hall–Kier alpha value is -1.73. The molecule has 2 heterocycles. The lowest BCUT2D eigenvalue weighted by molar-refractivity contribution is -0.121. The van der Waals surface area contributed by atoms with Crippen LogP contribution in [-0.4, -0.2) is 36.9 Å². The number of amides is 1. The van der Waals surface area contributed by atoms with Gasteiger partial charge in [0.25, 0.3) is 0 Å². The number of hydrogen-bond acceptors (Lipinski definition) is 5. The molecule has 0 saturated carbocycles. The molecule has 22 heavy (non-hydrogen) atoms. The van der Waals surface area contributed by atoms with Gasteiger partial charge in [-0.2, -0.15) is 0 Å². The van der Waals surface area contributed by atoms with Crippen LogP contribution >= 0.6 is 11.3 Å². The first-order valence-electron chi connectivity index (χ1n) is 7.01. The molecular formula is C15H16N2O3S2. The largest absolute Gasteiger partial charge is 0.352 e. The van der Waals surface area contributed by atoms with Gasteiger partial charge < -0.3 is 5.32 Å². The van der Waals surface area contributed by atoms with Gasteiger partial charge in [-0.25, -0.2) is 13.4 Å². The third-order valence-corrected chi connectivity index (χ3v) is 6.22. The first-order valence-corrected chi connectivity index (χ1v) is 9.71. The van der Waals surface area contributed by atoms with Gasteiger partial charge in [0.2, 0.25) is 5.91 Å². The lowest BCUT2D eigenvalue weighted by Gasteiger charge is -2.09. The highest BCUT2D eigenvalue weighted by atomic mass is 32.2. The van der Waals surface area contributed by atoms with Gasteiger partial charge in [-0.1, -0.05) is 30.3 Å². The minimum Gasteiger partial charge on any atom is -0.352 e. The standard InChI is InChI=1S/C15H16N2O3S2/c18-14(16-12-6-7-22(19,20)10-12)8-13-9-21-15(17-13)11-4-2-1-3-5-11/h1-5,9,12H,6-8,10H2,(H,16,18)/t12-/m1/s1. The average molecular weight is 336 g/mol. The summed E-state index contributed by atoms with van der Waals surface area (Å²) in [5.74, 6) is 0.0322. The van der Waals surface area contributed by atoms with Gasteiger partial charge in [-0.3, -0.25) is 4.79 Å². The quantitative estimate of drug-likeness (QED) is 0.921. The van der Waals surface area contributed by atoms with Gasteiger partial charge >= 0.3 is 0 Å². The van der Waals surface area contributed by atoms with Crippen molar-refractivity contribution in [3.05, 3.63) is 41.4 Å². The SMILES string of the molecule is O=C(Cc1csc(-c2ccccc2)n1)N[C@@H]1CCS(=O)(=O)C1. The fourth-order valence-corrected chi connectivity index (χ4v) is 4.95. The van der Waals surface area contributed by atoms with Crippen molar-refractivity contribution >= 4 is 27.1 Å². The second kappa shape index (κ2) is 6.18. The lowest BCUT2D eigenvalue weighted by Crippen LogP contribution is -2.36. The van der Waals surface area contributed by atoms with E-state index in [4.69, 9.17) is 0 Å². The van der Waals surface area contributed by atoms with E-state index in [1.54, 1.807) is 0 Å². The summed E-state index contributed by atoms with van der Waals surface area (Å²) in [5, 5.41) is 5.53. The summed E-state index contributed by atoms with van der Waals surface area (Å²) in [6, 6.07) is 9.54. The minimum absolute atomic E-state index is 0.0467. The number of nitrogens with zero attached hydrogens (tertiary/aromatic N) is 1. The molecule has 1 aromatic heterocycles. The second-order valence-electron chi connectivity index (χ2n) is 5.35. The Kier molecular flexibility index (Phi) is 4.26. The summed E-state index contributed by atoms with van der Waals surface area (Å²) in [5.41, 5.74) is 1.74. The average Bonchev–Trinajstić information content (AvgIpc) is 3.06. The van der Waals surface area contributed by atoms with Crippen LogP contribution in [0.25, 0.3) is 10.6 Å². The predicted molar refractivity (Wildman–Crippen MR) is 86.5 cm³/mol. The first kappa shape index (κ1) is 15.2. The number of carbonyl (C=O) groups excluding carboxylic acids is 1. The summed E-state index contributed by atoms with van der Waals surface area (Å²) < 4.78 is 22.8. The van der Waals surface area contributed by atoms with E-state index in [9.17, 15) is 13.2 Å². The summed E-state index contributed by atoms with van der Waals surface area (Å²) in [6.07, 6.45) is 0.681. The van der Waals surface area contributed by atoms with Crippen molar-refractivity contribution in [2.24, 2.45) is 0 Å². The number of rotatable bonds is 4. The maximum Gasteiger partial charge on any atom is 0.226 e. The molecule has 1 amide bonds. The Balaban J connectivity index is 1.60. The monoisotopic (exact) mass is 336 g/mol. The number of nitrogens with one attached hydrogen (secondary N) is 1. The highest BCUT2D eigenvalue weighted by molar-refractivity contribution is 7.91. The molecule has 0 bridgehead atoms. The third kappa shape index (κ3) is 3.72. The van der Waals surface area contributed by atoms with Crippen LogP contribution < -0.4 is 5.32 Å². The van der Waals surface area contributed by atoms with E-state index in [1.807, 2.05) is 35.7 Å². The zero-order chi connectivity index (χ0) is 15.6. The van der Waals surface area contributed by atoms with Crippen LogP contribution in [0, 0.1) is 0 Å². The van der Waals surface area contributed by atoms with Crippen molar-refractivity contribution < 1.29 is 13.2 Å². The number of benzene rings is 1. The molecule has 1 N–H and O–H groups in total. The van der Waals surface area contributed by atoms with E-state index >= 15 is 0 Å². The van der Waals surface area contributed by atoms with Gasteiger partial charge in [0.1, 0.15) is 5.01 Å². The lowest BCUT2D eigenvalue weighted by atomic mass is 10.2. The molecule has 1 aliphatic rings. The zero-order valence-corrected chi connectivity index (χ0v) is 13.5. The van der Waals surface area contributed by atoms with Gasteiger partial charge in [-0.05, 0) is 6.42 Å². The number of aromatic nitrogens is 1. The highest BCUT2D eigenvalue weighted by Gasteiger charge is 2.28. The van der Waals surface area contributed by atoms with Crippen molar-refractivity contribution in [1.82, 2.24) is 10.3 Å². The van der Waals surface area contributed by atoms with Gasteiger partial charge in [0, 0.05) is 17.0 Å². The zero-order valence-electron chi connectivity index (χ0n) is 11.9. The molecule has 5 nitrogen and oxygen atoms in total. The number of thiazole rings is 1. The Labute approximate surface area is 133 Å². The fraction of sp³-hybridized carbons (Fsp3) is 0.333. The molecule has 116 valence electrons. The van der Waals surface area contributed by atoms with Crippen LogP contribution in [0.1, 0.15) is 12.1 Å². The van der Waals surface area contributed by atoms with Crippen molar-refractivity contribution in [2.45, 2.75) is 18.9 Å². The van der Waals surface area contributed by atoms with E-state index in [2.05, 4.69) is 10.3 Å². The molecule has 1 saturated heterocycles. The topological polar surface area (TPSA) is 76.1 Å². The Morgan fingerprint density at radius 1 is 1.32 bits per heavy atom. The molecule has 1 aromatic carbocycles. The molecule has 0 aliphatic carbocycles. The highest BCUT2D eigenvalue weighted by Crippen LogP contribution is 2.23. The summed E-state index contributed by atoms with van der Waals surface area (Å²) >= 11 is 1.50. The van der Waals surface area contributed by atoms with Crippen LogP contribution in [-0.2, 0) is 21.1 Å². The maximum atomic E-state index is 12.0. The van der Waals surface area contributed by atoms with Gasteiger partial charge in [-0.15, -0.1) is 11.3 Å². The Morgan fingerprint density at radius 3 is 2.77 bits per heavy atom. The summed E-state index contributed by atoms with van der Waals surface area (Å²) in [6.45, 7) is 0. The normalized spacial score (nSPS) is 19.9. The molecule has 0 spiro atoms. The van der Waals surface area contributed by atoms with Crippen LogP contribution in [0.3, 0.4) is 0 Å². The van der Waals surface area contributed by atoms with Gasteiger partial charge in [0.15, 0.2) is 9.84 Å². The van der Waals surface area contributed by atoms with Crippen LogP contribution in [0.15, 0.2) is 35.7 Å². The molecule has 0 radical (unpaired) electrons. The first-order chi connectivity index (χ1) is 10.5. The summed E-state index contributed by atoms with van der Waals surface area (Å²) in [7, 11) is -2.97. The van der Waals surface area contributed by atoms with Crippen molar-refractivity contribution in [2.75, 3.05) is 11.5 Å². The second-order valence-corrected chi connectivity index (χ2v) is 8.44. The van der Waals surface area contributed by atoms with E-state index in [0.717, 1.165) is 10.6 Å². The Bertz CT molecular complexity index is 769. The van der Waals surface area contributed by atoms with E-state index in [0.29, 0.717) is 12.1 Å². The van der Waals surface area contributed by atoms with E-state index < -0.39 is 9.84 Å². The maximum absolute atomic E-state index is 12.0. The fourth-order valence-electron chi connectivity index (χ4n) is 2.45. The summed E-state index contributed by atoms with van der Waals surface area (Å²) in [4.78, 5) is 16.4. The molecule has 2 aromatic rings. The Morgan fingerprint density at radius 2 is 2.09 bits per heavy atom. The molecule has 3 rings (SSSR count). The molecular weight excluding hydrogens is 320 g/mol. The molecule has 1 fully saturated rings. The van der Waals surface area contributed by atoms with Crippen LogP contribution in [0.4, 0.5) is 0 Å². The van der Waals surface area contributed by atoms with Gasteiger partial charge in [0.05, 0.1) is 23.6 Å². The number of hydrogen-bond donors (Lipinski definition) is 1. The van der Waals surface area contributed by atoms with Crippen LogP contribution in [0.5, 0.6) is 0 Å². The molecule has 0 unspecified atom stereocenters. The smallest absolute Gasteiger partial charge is 0.226 e. The van der Waals surface area contributed by atoms with Crippen molar-refractivity contribution in [3.63, 3.8) is 0 Å². The molecule has 7 heteroatoms. The third-order valence-electron chi connectivity index (χ3n) is 3.51. The van der Waals surface area contributed by atoms with Crippen molar-refractivity contribution in [1.29, 1.82) is 0 Å². The van der Waals surface area contributed by atoms with E-state index in [1.165, 1.54) is 11.3 Å². The number of sulfone groups is 1. The molecule has 1 aliphatic heterocycles. The predicted octanol–water partition coefficient (Wildman–Crippen LogP) is 1.66. The minimum atomic E-state index is -2.97. The van der Waals surface area contributed by atoms with Crippen molar-refractivity contribution in [3.8, 4) is 10.6 Å². The van der Waals surface area contributed by atoms with Crippen LogP contribution in [0.2, 0.25) is 0 Å². The van der Waals surface area contributed by atoms with E-state index in [-0.39, 0.29) is 29.9 Å². The number of carbonyl (C=O) groups is 1.